The van der Waals surface area contributed by atoms with E-state index in [9.17, 15) is 4.79 Å². The lowest BCUT2D eigenvalue weighted by atomic mass is 10.2. The smallest absolute Gasteiger partial charge is 0.255 e. The molecule has 0 aromatic heterocycles. The van der Waals surface area contributed by atoms with Gasteiger partial charge in [0, 0.05) is 11.3 Å². The quantitative estimate of drug-likeness (QED) is 0.721. The zero-order valence-electron chi connectivity index (χ0n) is 7.37. The molecule has 0 aliphatic carbocycles. The Morgan fingerprint density at radius 2 is 1.92 bits per heavy atom. The van der Waals surface area contributed by atoms with Crippen LogP contribution in [0.1, 0.15) is 17.3 Å². The van der Waals surface area contributed by atoms with Gasteiger partial charge in [0.25, 0.3) is 5.91 Å². The minimum Gasteiger partial charge on any atom is -0.508 e. The van der Waals surface area contributed by atoms with Crippen molar-refractivity contribution >= 4 is 5.91 Å². The fraction of sp³-hybridized carbons (Fsp3) is 0.100. The lowest BCUT2D eigenvalue weighted by Crippen LogP contribution is -2.20. The molecule has 0 bridgehead atoms. The van der Waals surface area contributed by atoms with Crippen LogP contribution in [0.3, 0.4) is 0 Å². The van der Waals surface area contributed by atoms with Crippen LogP contribution in [0.5, 0.6) is 5.75 Å². The summed E-state index contributed by atoms with van der Waals surface area (Å²) in [6.07, 6.45) is 0. The van der Waals surface area contributed by atoms with Crippen molar-refractivity contribution in [2.75, 3.05) is 0 Å². The third-order valence-electron chi connectivity index (χ3n) is 1.46. The van der Waals surface area contributed by atoms with Crippen LogP contribution in [0.4, 0.5) is 0 Å². The highest BCUT2D eigenvalue weighted by Gasteiger charge is 2.03. The third-order valence-corrected chi connectivity index (χ3v) is 1.46. The van der Waals surface area contributed by atoms with Gasteiger partial charge in [-0.15, -0.1) is 0 Å². The van der Waals surface area contributed by atoms with Crippen LogP contribution in [0.25, 0.3) is 0 Å². The summed E-state index contributed by atoms with van der Waals surface area (Å²) in [5.41, 5.74) is 1.10. The van der Waals surface area contributed by atoms with Gasteiger partial charge in [-0.3, -0.25) is 4.79 Å². The first-order valence-electron chi connectivity index (χ1n) is 3.85. The molecular formula is C10H11NO2. The second-order valence-corrected chi connectivity index (χ2v) is 2.78. The standard InChI is InChI=1S/C10H11NO2/c1-7(2)11-10(13)8-3-5-9(12)6-4-8/h3-6,12H,1H2,2H3,(H,11,13). The van der Waals surface area contributed by atoms with Crippen LogP contribution in [-0.4, -0.2) is 11.0 Å². The van der Waals surface area contributed by atoms with E-state index in [2.05, 4.69) is 11.9 Å². The third kappa shape index (κ3) is 2.63. The van der Waals surface area contributed by atoms with Crippen molar-refractivity contribution in [3.63, 3.8) is 0 Å². The molecule has 0 saturated heterocycles. The van der Waals surface area contributed by atoms with E-state index >= 15 is 0 Å². The van der Waals surface area contributed by atoms with Crippen molar-refractivity contribution in [1.82, 2.24) is 5.32 Å². The zero-order valence-corrected chi connectivity index (χ0v) is 7.37. The Balaban J connectivity index is 2.78. The fourth-order valence-electron chi connectivity index (χ4n) is 0.879. The summed E-state index contributed by atoms with van der Waals surface area (Å²) in [7, 11) is 0. The molecule has 0 fully saturated rings. The molecule has 0 aliphatic heterocycles. The molecule has 1 aromatic rings. The van der Waals surface area contributed by atoms with E-state index in [1.54, 1.807) is 19.1 Å². The first-order chi connectivity index (χ1) is 6.09. The molecule has 0 radical (unpaired) electrons. The molecule has 0 atom stereocenters. The van der Waals surface area contributed by atoms with Gasteiger partial charge in [-0.2, -0.15) is 0 Å². The van der Waals surface area contributed by atoms with Crippen molar-refractivity contribution in [2.24, 2.45) is 0 Å². The molecule has 0 aliphatic rings. The Hall–Kier alpha value is -1.77. The molecule has 1 rings (SSSR count). The van der Waals surface area contributed by atoms with Crippen molar-refractivity contribution < 1.29 is 9.90 Å². The normalized spacial score (nSPS) is 9.31. The van der Waals surface area contributed by atoms with Crippen LogP contribution in [0.2, 0.25) is 0 Å². The lowest BCUT2D eigenvalue weighted by molar-refractivity contribution is 0.0966. The van der Waals surface area contributed by atoms with Crippen LogP contribution in [0.15, 0.2) is 36.5 Å². The van der Waals surface area contributed by atoms with Gasteiger partial charge in [0.15, 0.2) is 0 Å². The van der Waals surface area contributed by atoms with Gasteiger partial charge in [0.05, 0.1) is 0 Å². The minimum atomic E-state index is -0.215. The fourth-order valence-corrected chi connectivity index (χ4v) is 0.879. The first-order valence-corrected chi connectivity index (χ1v) is 3.85. The SMILES string of the molecule is C=C(C)NC(=O)c1ccc(O)cc1. The van der Waals surface area contributed by atoms with Gasteiger partial charge in [0.2, 0.25) is 0 Å². The predicted octanol–water partition coefficient (Wildman–Crippen LogP) is 1.66. The molecule has 0 unspecified atom stereocenters. The van der Waals surface area contributed by atoms with Crippen molar-refractivity contribution in [1.29, 1.82) is 0 Å². The van der Waals surface area contributed by atoms with E-state index in [0.717, 1.165) is 0 Å². The van der Waals surface area contributed by atoms with Gasteiger partial charge in [-0.1, -0.05) is 6.58 Å². The van der Waals surface area contributed by atoms with E-state index < -0.39 is 0 Å². The monoisotopic (exact) mass is 177 g/mol. The largest absolute Gasteiger partial charge is 0.508 e. The minimum absolute atomic E-state index is 0.145. The molecule has 0 heterocycles. The number of hydrogen-bond acceptors (Lipinski definition) is 2. The Morgan fingerprint density at radius 1 is 1.38 bits per heavy atom. The maximum Gasteiger partial charge on any atom is 0.255 e. The molecular weight excluding hydrogens is 166 g/mol. The molecule has 2 N–H and O–H groups in total. The second-order valence-electron chi connectivity index (χ2n) is 2.78. The zero-order chi connectivity index (χ0) is 9.84. The van der Waals surface area contributed by atoms with Crippen LogP contribution < -0.4 is 5.32 Å². The molecule has 13 heavy (non-hydrogen) atoms. The molecule has 0 spiro atoms. The maximum absolute atomic E-state index is 11.3. The number of amides is 1. The van der Waals surface area contributed by atoms with Gasteiger partial charge in [-0.25, -0.2) is 0 Å². The molecule has 3 heteroatoms. The summed E-state index contributed by atoms with van der Waals surface area (Å²) >= 11 is 0. The van der Waals surface area contributed by atoms with Crippen molar-refractivity contribution in [3.05, 3.63) is 42.1 Å². The highest BCUT2D eigenvalue weighted by molar-refractivity contribution is 5.95. The Labute approximate surface area is 76.7 Å². The van der Waals surface area contributed by atoms with E-state index in [1.165, 1.54) is 12.1 Å². The molecule has 68 valence electrons. The average molecular weight is 177 g/mol. The summed E-state index contributed by atoms with van der Waals surface area (Å²) in [4.78, 5) is 11.3. The highest BCUT2D eigenvalue weighted by atomic mass is 16.3. The maximum atomic E-state index is 11.3. The topological polar surface area (TPSA) is 49.3 Å². The van der Waals surface area contributed by atoms with Crippen LogP contribution >= 0.6 is 0 Å². The first kappa shape index (κ1) is 9.32. The van der Waals surface area contributed by atoms with E-state index in [0.29, 0.717) is 11.3 Å². The number of carbonyl (C=O) groups excluding carboxylic acids is 1. The summed E-state index contributed by atoms with van der Waals surface area (Å²) in [6.45, 7) is 5.26. The average Bonchev–Trinajstić information content (AvgIpc) is 2.04. The summed E-state index contributed by atoms with van der Waals surface area (Å²) in [5.74, 6) is -0.0700. The number of phenols is 1. The van der Waals surface area contributed by atoms with Crippen molar-refractivity contribution in [2.45, 2.75) is 6.92 Å². The summed E-state index contributed by atoms with van der Waals surface area (Å²) < 4.78 is 0. The molecule has 3 nitrogen and oxygen atoms in total. The lowest BCUT2D eigenvalue weighted by Gasteiger charge is -2.03. The van der Waals surface area contributed by atoms with Gasteiger partial charge >= 0.3 is 0 Å². The van der Waals surface area contributed by atoms with Crippen molar-refractivity contribution in [3.8, 4) is 5.75 Å². The van der Waals surface area contributed by atoms with Crippen LogP contribution in [0, 0.1) is 0 Å². The van der Waals surface area contributed by atoms with E-state index in [-0.39, 0.29) is 11.7 Å². The van der Waals surface area contributed by atoms with Gasteiger partial charge in [0.1, 0.15) is 5.75 Å². The van der Waals surface area contributed by atoms with E-state index in [1.807, 2.05) is 0 Å². The molecule has 0 saturated carbocycles. The summed E-state index contributed by atoms with van der Waals surface area (Å²) in [6, 6.07) is 6.03. The van der Waals surface area contributed by atoms with E-state index in [4.69, 9.17) is 5.11 Å². The Bertz CT molecular complexity index is 327. The second kappa shape index (κ2) is 3.76. The van der Waals surface area contributed by atoms with Gasteiger partial charge in [-0.05, 0) is 31.2 Å². The number of nitrogens with one attached hydrogen (secondary N) is 1. The molecule has 1 aromatic carbocycles. The Kier molecular flexibility index (Phi) is 2.69. The highest BCUT2D eigenvalue weighted by Crippen LogP contribution is 2.09. The summed E-state index contributed by atoms with van der Waals surface area (Å²) in [5, 5.41) is 11.5. The number of phenolic OH excluding ortho intramolecular Hbond substituents is 1. The number of hydrogen-bond donors (Lipinski definition) is 2. The molecule has 1 amide bonds. The number of benzene rings is 1. The van der Waals surface area contributed by atoms with Gasteiger partial charge < -0.3 is 10.4 Å². The number of rotatable bonds is 2. The number of carbonyl (C=O) groups is 1. The predicted molar refractivity (Wildman–Crippen MR) is 50.4 cm³/mol. The Morgan fingerprint density at radius 3 is 2.38 bits per heavy atom. The van der Waals surface area contributed by atoms with Crippen LogP contribution in [-0.2, 0) is 0 Å². The number of allylic oxidation sites excluding steroid dienone is 1. The number of aromatic hydroxyl groups is 1.